The van der Waals surface area contributed by atoms with Gasteiger partial charge in [0.15, 0.2) is 0 Å². The Kier molecular flexibility index (Phi) is 4.91. The summed E-state index contributed by atoms with van der Waals surface area (Å²) in [7, 11) is 0. The van der Waals surface area contributed by atoms with Crippen molar-refractivity contribution in [3.05, 3.63) is 0 Å². The Morgan fingerprint density at radius 2 is 0.958 bits per heavy atom. The van der Waals surface area contributed by atoms with Crippen molar-refractivity contribution >= 4 is 17.8 Å². The van der Waals surface area contributed by atoms with Crippen LogP contribution in [0.3, 0.4) is 0 Å². The third kappa shape index (κ3) is 3.52. The Hall–Kier alpha value is -1.71. The van der Waals surface area contributed by atoms with Gasteiger partial charge in [-0.3, -0.25) is 0 Å². The average Bonchev–Trinajstić information content (AvgIpc) is 2.70. The predicted molar refractivity (Wildman–Crippen MR) is 91.0 cm³/mol. The molecule has 0 radical (unpaired) electrons. The van der Waals surface area contributed by atoms with E-state index < -0.39 is 0 Å². The Morgan fingerprint density at radius 1 is 0.583 bits per heavy atom. The smallest absolute Gasteiger partial charge is 0.232 e. The number of rotatable bonds is 3. The molecule has 0 spiro atoms. The summed E-state index contributed by atoms with van der Waals surface area (Å²) in [4.78, 5) is 20.9. The number of ether oxygens (including phenoxy) is 2. The molecular weight excluding hydrogens is 310 g/mol. The maximum atomic E-state index is 5.46. The lowest BCUT2D eigenvalue weighted by Gasteiger charge is -2.32. The van der Waals surface area contributed by atoms with Gasteiger partial charge in [0.25, 0.3) is 0 Å². The average molecular weight is 335 g/mol. The number of morpholine rings is 2. The molecule has 0 atom stereocenters. The summed E-state index contributed by atoms with van der Waals surface area (Å²) < 4.78 is 10.9. The van der Waals surface area contributed by atoms with E-state index in [9.17, 15) is 0 Å². The maximum Gasteiger partial charge on any atom is 0.232 e. The summed E-state index contributed by atoms with van der Waals surface area (Å²) in [6, 6.07) is 0. The predicted octanol–water partition coefficient (Wildman–Crippen LogP) is -1.05. The van der Waals surface area contributed by atoms with E-state index in [0.717, 1.165) is 96.6 Å². The van der Waals surface area contributed by atoms with Crippen LogP contribution in [0.1, 0.15) is 0 Å². The highest BCUT2D eigenvalue weighted by Gasteiger charge is 2.23. The van der Waals surface area contributed by atoms with Crippen LogP contribution in [0.5, 0.6) is 0 Å². The van der Waals surface area contributed by atoms with Gasteiger partial charge in [0, 0.05) is 52.4 Å². The molecule has 24 heavy (non-hydrogen) atoms. The summed E-state index contributed by atoms with van der Waals surface area (Å²) >= 11 is 0. The van der Waals surface area contributed by atoms with Crippen LogP contribution in [0.25, 0.3) is 0 Å². The van der Waals surface area contributed by atoms with Gasteiger partial charge in [-0.25, -0.2) is 0 Å². The van der Waals surface area contributed by atoms with Crippen LogP contribution in [-0.2, 0) is 9.47 Å². The number of anilines is 3. The van der Waals surface area contributed by atoms with E-state index in [0.29, 0.717) is 0 Å². The minimum absolute atomic E-state index is 0.724. The maximum absolute atomic E-state index is 5.46. The quantitative estimate of drug-likeness (QED) is 0.744. The molecule has 0 aliphatic carbocycles. The van der Waals surface area contributed by atoms with Crippen molar-refractivity contribution in [1.82, 2.24) is 20.3 Å². The van der Waals surface area contributed by atoms with Crippen molar-refractivity contribution < 1.29 is 9.47 Å². The van der Waals surface area contributed by atoms with Crippen molar-refractivity contribution in [2.75, 3.05) is 93.5 Å². The molecule has 4 rings (SSSR count). The minimum Gasteiger partial charge on any atom is -0.378 e. The van der Waals surface area contributed by atoms with Crippen LogP contribution in [0.4, 0.5) is 17.8 Å². The first-order valence-electron chi connectivity index (χ1n) is 8.77. The molecule has 1 aromatic rings. The van der Waals surface area contributed by atoms with Gasteiger partial charge in [-0.15, -0.1) is 0 Å². The number of hydrogen-bond acceptors (Lipinski definition) is 9. The van der Waals surface area contributed by atoms with Crippen LogP contribution in [0.15, 0.2) is 0 Å². The SMILES string of the molecule is C1CN(c2nc(N3CCOCC3)nc(N3CCOCC3)n2)CCN1. The van der Waals surface area contributed by atoms with Crippen LogP contribution >= 0.6 is 0 Å². The van der Waals surface area contributed by atoms with Gasteiger partial charge >= 0.3 is 0 Å². The fourth-order valence-corrected chi connectivity index (χ4v) is 3.16. The van der Waals surface area contributed by atoms with Crippen LogP contribution in [0, 0.1) is 0 Å². The van der Waals surface area contributed by atoms with Crippen molar-refractivity contribution in [3.63, 3.8) is 0 Å². The number of nitrogens with one attached hydrogen (secondary N) is 1. The van der Waals surface area contributed by atoms with Gasteiger partial charge in [0.2, 0.25) is 17.8 Å². The molecule has 0 bridgehead atoms. The molecule has 4 heterocycles. The zero-order valence-corrected chi connectivity index (χ0v) is 14.0. The van der Waals surface area contributed by atoms with E-state index in [1.165, 1.54) is 0 Å². The summed E-state index contributed by atoms with van der Waals surface area (Å²) in [6.07, 6.45) is 0. The van der Waals surface area contributed by atoms with E-state index in [-0.39, 0.29) is 0 Å². The molecule has 1 N–H and O–H groups in total. The van der Waals surface area contributed by atoms with Crippen molar-refractivity contribution in [3.8, 4) is 0 Å². The summed E-state index contributed by atoms with van der Waals surface area (Å²) in [5.41, 5.74) is 0. The Labute approximate surface area is 142 Å². The summed E-state index contributed by atoms with van der Waals surface area (Å²) in [5, 5.41) is 3.37. The van der Waals surface area contributed by atoms with E-state index >= 15 is 0 Å². The fraction of sp³-hybridized carbons (Fsp3) is 0.800. The number of aromatic nitrogens is 3. The largest absolute Gasteiger partial charge is 0.378 e. The number of nitrogens with zero attached hydrogens (tertiary/aromatic N) is 6. The second-order valence-corrected chi connectivity index (χ2v) is 6.17. The van der Waals surface area contributed by atoms with Crippen LogP contribution in [0.2, 0.25) is 0 Å². The molecule has 0 saturated carbocycles. The highest BCUT2D eigenvalue weighted by molar-refractivity contribution is 5.47. The Balaban J connectivity index is 1.63. The molecule has 3 aliphatic heterocycles. The first-order valence-corrected chi connectivity index (χ1v) is 8.77. The lowest BCUT2D eigenvalue weighted by Crippen LogP contribution is -2.45. The monoisotopic (exact) mass is 335 g/mol. The summed E-state index contributed by atoms with van der Waals surface area (Å²) in [6.45, 7) is 9.98. The third-order valence-electron chi connectivity index (χ3n) is 4.59. The Morgan fingerprint density at radius 3 is 1.38 bits per heavy atom. The number of hydrogen-bond donors (Lipinski definition) is 1. The highest BCUT2D eigenvalue weighted by Crippen LogP contribution is 2.21. The molecule has 3 saturated heterocycles. The van der Waals surface area contributed by atoms with Gasteiger partial charge in [-0.1, -0.05) is 0 Å². The molecule has 132 valence electrons. The second-order valence-electron chi connectivity index (χ2n) is 6.17. The third-order valence-corrected chi connectivity index (χ3v) is 4.59. The highest BCUT2D eigenvalue weighted by atomic mass is 16.5. The summed E-state index contributed by atoms with van der Waals surface area (Å²) in [5.74, 6) is 2.32. The van der Waals surface area contributed by atoms with Gasteiger partial charge < -0.3 is 29.5 Å². The molecule has 3 aliphatic rings. The van der Waals surface area contributed by atoms with Gasteiger partial charge in [0.05, 0.1) is 26.4 Å². The molecule has 9 heteroatoms. The topological polar surface area (TPSA) is 78.9 Å². The molecule has 1 aromatic heterocycles. The molecule has 0 amide bonds. The van der Waals surface area contributed by atoms with E-state index in [2.05, 4.69) is 20.0 Å². The van der Waals surface area contributed by atoms with Gasteiger partial charge in [0.1, 0.15) is 0 Å². The standard InChI is InChI=1S/C15H25N7O2/c1-3-20(4-2-16-1)13-17-14(21-5-9-23-10-6-21)19-15(18-13)22-7-11-24-12-8-22/h16H,1-12H2. The zero-order valence-electron chi connectivity index (χ0n) is 14.0. The molecule has 9 nitrogen and oxygen atoms in total. The number of piperazine rings is 1. The lowest BCUT2D eigenvalue weighted by molar-refractivity contribution is 0.121. The van der Waals surface area contributed by atoms with Crippen LogP contribution < -0.4 is 20.0 Å². The van der Waals surface area contributed by atoms with E-state index in [4.69, 9.17) is 24.4 Å². The first-order chi connectivity index (χ1) is 11.9. The van der Waals surface area contributed by atoms with Gasteiger partial charge in [-0.05, 0) is 0 Å². The molecule has 0 aromatic carbocycles. The second kappa shape index (κ2) is 7.45. The Bertz CT molecular complexity index is 452. The molecule has 3 fully saturated rings. The fourth-order valence-electron chi connectivity index (χ4n) is 3.16. The minimum atomic E-state index is 0.724. The van der Waals surface area contributed by atoms with E-state index in [1.54, 1.807) is 0 Å². The van der Waals surface area contributed by atoms with E-state index in [1.807, 2.05) is 0 Å². The van der Waals surface area contributed by atoms with Crippen molar-refractivity contribution in [2.45, 2.75) is 0 Å². The normalized spacial score (nSPS) is 22.8. The van der Waals surface area contributed by atoms with Gasteiger partial charge in [-0.2, -0.15) is 15.0 Å². The van der Waals surface area contributed by atoms with Crippen LogP contribution in [-0.4, -0.2) is 93.7 Å². The zero-order chi connectivity index (χ0) is 16.2. The van der Waals surface area contributed by atoms with Crippen molar-refractivity contribution in [1.29, 1.82) is 0 Å². The lowest BCUT2D eigenvalue weighted by atomic mass is 10.4. The van der Waals surface area contributed by atoms with Crippen molar-refractivity contribution in [2.24, 2.45) is 0 Å². The first kappa shape index (κ1) is 15.8. The molecule has 0 unspecified atom stereocenters. The molecular formula is C15H25N7O2.